The van der Waals surface area contributed by atoms with Crippen LogP contribution in [-0.4, -0.2) is 25.0 Å². The van der Waals surface area contributed by atoms with Crippen LogP contribution >= 0.6 is 0 Å². The first-order chi connectivity index (χ1) is 5.60. The fourth-order valence-electron chi connectivity index (χ4n) is 0.380. The Bertz CT molecular complexity index is 226. The molecule has 0 aliphatic rings. The van der Waals surface area contributed by atoms with Crippen molar-refractivity contribution >= 4 is 17.9 Å². The molecular weight excluding hydrogens is 192 g/mol. The van der Waals surface area contributed by atoms with Crippen LogP contribution in [-0.2, 0) is 23.9 Å². The summed E-state index contributed by atoms with van der Waals surface area (Å²) in [6, 6.07) is 0. The molecule has 14 heavy (non-hydrogen) atoms. The highest BCUT2D eigenvalue weighted by Crippen LogP contribution is 1.90. The molecule has 0 atom stereocenters. The van der Waals surface area contributed by atoms with Crippen LogP contribution in [0.2, 0.25) is 0 Å². The maximum atomic E-state index is 10.6. The van der Waals surface area contributed by atoms with Crippen LogP contribution in [0.1, 0.15) is 6.42 Å². The quantitative estimate of drug-likeness (QED) is 0.379. The average molecular weight is 206 g/mol. The lowest BCUT2D eigenvalue weighted by atomic mass is 10.4. The van der Waals surface area contributed by atoms with Crippen LogP contribution in [0.3, 0.4) is 0 Å². The standard InChI is InChI=1S/C7H8O5.2H3N/c1-3-5(8)12-7(10)4-6(9)11-2;;/h3H,1,4H2,2H3;2*1H3. The molecule has 0 unspecified atom stereocenters. The minimum atomic E-state index is -0.952. The van der Waals surface area contributed by atoms with Gasteiger partial charge < -0.3 is 21.8 Å². The molecule has 7 heteroatoms. The topological polar surface area (TPSA) is 140 Å². The molecule has 82 valence electrons. The van der Waals surface area contributed by atoms with Crippen molar-refractivity contribution in [3.05, 3.63) is 12.7 Å². The minimum absolute atomic E-state index is 0. The van der Waals surface area contributed by atoms with Crippen LogP contribution in [0.4, 0.5) is 0 Å². The zero-order valence-electron chi connectivity index (χ0n) is 7.95. The van der Waals surface area contributed by atoms with Crippen LogP contribution < -0.4 is 12.3 Å². The van der Waals surface area contributed by atoms with Crippen LogP contribution in [0.15, 0.2) is 12.7 Å². The molecule has 0 amide bonds. The first-order valence-electron chi connectivity index (χ1n) is 3.04. The van der Waals surface area contributed by atoms with E-state index in [2.05, 4.69) is 16.1 Å². The number of esters is 3. The van der Waals surface area contributed by atoms with Crippen LogP contribution in [0.25, 0.3) is 0 Å². The van der Waals surface area contributed by atoms with Crippen molar-refractivity contribution in [3.8, 4) is 0 Å². The summed E-state index contributed by atoms with van der Waals surface area (Å²) in [4.78, 5) is 31.4. The Kier molecular flexibility index (Phi) is 12.1. The molecule has 0 bridgehead atoms. The van der Waals surface area contributed by atoms with Crippen molar-refractivity contribution in [1.82, 2.24) is 12.3 Å². The van der Waals surface area contributed by atoms with E-state index in [9.17, 15) is 14.4 Å². The minimum Gasteiger partial charge on any atom is -0.469 e. The Labute approximate surface area is 81.2 Å². The maximum Gasteiger partial charge on any atom is 0.337 e. The number of carbonyl (C=O) groups is 3. The summed E-state index contributed by atoms with van der Waals surface area (Å²) in [6.45, 7) is 3.07. The van der Waals surface area contributed by atoms with Crippen LogP contribution in [0.5, 0.6) is 0 Å². The predicted octanol–water partition coefficient (Wildman–Crippen LogP) is 0.129. The second kappa shape index (κ2) is 9.36. The summed E-state index contributed by atoms with van der Waals surface area (Å²) in [6.07, 6.45) is 0.255. The SMILES string of the molecule is C=CC(=O)OC(=O)CC(=O)OC.N.N. The molecule has 0 aromatic heterocycles. The van der Waals surface area contributed by atoms with Crippen molar-refractivity contribution in [2.24, 2.45) is 0 Å². The van der Waals surface area contributed by atoms with Gasteiger partial charge in [-0.3, -0.25) is 9.59 Å². The highest BCUT2D eigenvalue weighted by atomic mass is 16.6. The number of rotatable bonds is 3. The third kappa shape index (κ3) is 8.37. The second-order valence-electron chi connectivity index (χ2n) is 1.75. The molecule has 0 aromatic carbocycles. The first-order valence-corrected chi connectivity index (χ1v) is 3.04. The molecule has 7 nitrogen and oxygen atoms in total. The van der Waals surface area contributed by atoms with Gasteiger partial charge in [0, 0.05) is 6.08 Å². The van der Waals surface area contributed by atoms with Gasteiger partial charge in [0.05, 0.1) is 7.11 Å². The number of hydrogen-bond donors (Lipinski definition) is 2. The fourth-order valence-corrected chi connectivity index (χ4v) is 0.380. The Morgan fingerprint density at radius 2 is 1.71 bits per heavy atom. The van der Waals surface area contributed by atoms with Gasteiger partial charge in [-0.15, -0.1) is 0 Å². The lowest BCUT2D eigenvalue weighted by molar-refractivity contribution is -0.159. The van der Waals surface area contributed by atoms with Gasteiger partial charge in [0.1, 0.15) is 6.42 Å². The van der Waals surface area contributed by atoms with E-state index in [1.807, 2.05) is 0 Å². The van der Waals surface area contributed by atoms with Gasteiger partial charge in [-0.05, 0) is 0 Å². The largest absolute Gasteiger partial charge is 0.469 e. The van der Waals surface area contributed by atoms with E-state index >= 15 is 0 Å². The van der Waals surface area contributed by atoms with E-state index in [-0.39, 0.29) is 12.3 Å². The second-order valence-corrected chi connectivity index (χ2v) is 1.75. The third-order valence-electron chi connectivity index (χ3n) is 0.897. The summed E-state index contributed by atoms with van der Waals surface area (Å²) in [5.74, 6) is -2.59. The van der Waals surface area contributed by atoms with Crippen molar-refractivity contribution in [2.45, 2.75) is 6.42 Å². The molecule has 0 aromatic rings. The Morgan fingerprint density at radius 3 is 2.07 bits per heavy atom. The highest BCUT2D eigenvalue weighted by molar-refractivity contribution is 5.98. The summed E-state index contributed by atoms with van der Waals surface area (Å²) < 4.78 is 8.23. The molecule has 0 rings (SSSR count). The smallest absolute Gasteiger partial charge is 0.337 e. The van der Waals surface area contributed by atoms with Crippen molar-refractivity contribution in [1.29, 1.82) is 0 Å². The number of hydrogen-bond acceptors (Lipinski definition) is 7. The Morgan fingerprint density at radius 1 is 1.21 bits per heavy atom. The molecule has 0 aliphatic heterocycles. The monoisotopic (exact) mass is 206 g/mol. The average Bonchev–Trinajstić information content (AvgIpc) is 2.03. The molecule has 0 saturated carbocycles. The zero-order chi connectivity index (χ0) is 9.56. The summed E-state index contributed by atoms with van der Waals surface area (Å²) in [7, 11) is 1.13. The van der Waals surface area contributed by atoms with Gasteiger partial charge in [0.2, 0.25) is 0 Å². The van der Waals surface area contributed by atoms with Gasteiger partial charge in [0.25, 0.3) is 0 Å². The van der Waals surface area contributed by atoms with E-state index in [1.54, 1.807) is 0 Å². The molecule has 0 radical (unpaired) electrons. The normalized spacial score (nSPS) is 7.21. The number of methoxy groups -OCH3 is 1. The van der Waals surface area contributed by atoms with E-state index < -0.39 is 24.3 Å². The summed E-state index contributed by atoms with van der Waals surface area (Å²) in [5, 5.41) is 0. The van der Waals surface area contributed by atoms with Gasteiger partial charge in [-0.25, -0.2) is 4.79 Å². The Balaban J connectivity index is -0.000000605. The third-order valence-corrected chi connectivity index (χ3v) is 0.897. The lowest BCUT2D eigenvalue weighted by Gasteiger charge is -1.97. The molecule has 0 heterocycles. The summed E-state index contributed by atoms with van der Waals surface area (Å²) in [5.41, 5.74) is 0. The van der Waals surface area contributed by atoms with Crippen molar-refractivity contribution in [2.75, 3.05) is 7.11 Å². The predicted molar refractivity (Wildman–Crippen MR) is 48.0 cm³/mol. The van der Waals surface area contributed by atoms with Crippen molar-refractivity contribution < 1.29 is 23.9 Å². The molecule has 0 spiro atoms. The fraction of sp³-hybridized carbons (Fsp3) is 0.286. The summed E-state index contributed by atoms with van der Waals surface area (Å²) >= 11 is 0. The van der Waals surface area contributed by atoms with Gasteiger partial charge in [-0.2, -0.15) is 0 Å². The molecule has 0 saturated heterocycles. The Hall–Kier alpha value is -1.73. The maximum absolute atomic E-state index is 10.6. The van der Waals surface area contributed by atoms with Crippen LogP contribution in [0, 0.1) is 0 Å². The zero-order valence-corrected chi connectivity index (χ0v) is 7.95. The molecule has 0 fully saturated rings. The lowest BCUT2D eigenvalue weighted by Crippen LogP contribution is -2.15. The van der Waals surface area contributed by atoms with E-state index in [0.717, 1.165) is 13.2 Å². The van der Waals surface area contributed by atoms with Gasteiger partial charge in [-0.1, -0.05) is 6.58 Å². The van der Waals surface area contributed by atoms with E-state index in [4.69, 9.17) is 0 Å². The number of ether oxygens (including phenoxy) is 2. The van der Waals surface area contributed by atoms with Gasteiger partial charge >= 0.3 is 17.9 Å². The van der Waals surface area contributed by atoms with Crippen molar-refractivity contribution in [3.63, 3.8) is 0 Å². The molecule has 0 aliphatic carbocycles. The number of carbonyl (C=O) groups excluding carboxylic acids is 3. The van der Waals surface area contributed by atoms with E-state index in [0.29, 0.717) is 0 Å². The highest BCUT2D eigenvalue weighted by Gasteiger charge is 2.12. The van der Waals surface area contributed by atoms with Gasteiger partial charge in [0.15, 0.2) is 0 Å². The first kappa shape index (κ1) is 18.1. The molecule has 6 N–H and O–H groups in total. The molecular formula is C7H14N2O5. The van der Waals surface area contributed by atoms with E-state index in [1.165, 1.54) is 0 Å².